The van der Waals surface area contributed by atoms with Crippen LogP contribution < -0.4 is 0 Å². The zero-order chi connectivity index (χ0) is 15.2. The molecule has 114 valence electrons. The van der Waals surface area contributed by atoms with Crippen LogP contribution in [0.25, 0.3) is 10.2 Å². The van der Waals surface area contributed by atoms with Gasteiger partial charge in [-0.25, -0.2) is 9.97 Å². The molecular weight excluding hydrogens is 320 g/mol. The van der Waals surface area contributed by atoms with Crippen molar-refractivity contribution in [3.63, 3.8) is 0 Å². The number of ether oxygens (including phenoxy) is 1. The van der Waals surface area contributed by atoms with Crippen LogP contribution in [0.1, 0.15) is 38.1 Å². The number of thiophene rings is 1. The Kier molecular flexibility index (Phi) is 4.25. The third-order valence-electron chi connectivity index (χ3n) is 3.41. The molecule has 2 aromatic rings. The summed E-state index contributed by atoms with van der Waals surface area (Å²) in [6.45, 7) is 9.44. The van der Waals surface area contributed by atoms with Gasteiger partial charge >= 0.3 is 0 Å². The van der Waals surface area contributed by atoms with Gasteiger partial charge in [0.15, 0.2) is 5.16 Å². The zero-order valence-corrected chi connectivity index (χ0v) is 15.5. The number of rotatable bonds is 3. The summed E-state index contributed by atoms with van der Waals surface area (Å²) < 4.78 is 5.95. The van der Waals surface area contributed by atoms with E-state index in [4.69, 9.17) is 14.7 Å². The maximum Gasteiger partial charge on any atom is 0.189 e. The van der Waals surface area contributed by atoms with Crippen LogP contribution >= 0.6 is 34.9 Å². The minimum absolute atomic E-state index is 0.0983. The molecule has 0 saturated heterocycles. The molecule has 3 heterocycles. The van der Waals surface area contributed by atoms with Gasteiger partial charge in [-0.3, -0.25) is 0 Å². The molecule has 21 heavy (non-hydrogen) atoms. The van der Waals surface area contributed by atoms with E-state index in [9.17, 15) is 0 Å². The van der Waals surface area contributed by atoms with E-state index >= 15 is 0 Å². The van der Waals surface area contributed by atoms with Gasteiger partial charge in [0.05, 0.1) is 12.2 Å². The number of hydrogen-bond donors (Lipinski definition) is 0. The maximum atomic E-state index is 5.95. The monoisotopic (exact) mass is 340 g/mol. The average Bonchev–Trinajstić information content (AvgIpc) is 2.74. The van der Waals surface area contributed by atoms with E-state index in [0.717, 1.165) is 21.4 Å². The van der Waals surface area contributed by atoms with Crippen molar-refractivity contribution in [3.8, 4) is 0 Å². The van der Waals surface area contributed by atoms with Crippen LogP contribution in [0, 0.1) is 0 Å². The van der Waals surface area contributed by atoms with Gasteiger partial charge in [0.25, 0.3) is 0 Å². The van der Waals surface area contributed by atoms with Gasteiger partial charge in [-0.15, -0.1) is 23.1 Å². The van der Waals surface area contributed by atoms with Crippen molar-refractivity contribution in [1.82, 2.24) is 9.97 Å². The predicted molar refractivity (Wildman–Crippen MR) is 92.8 cm³/mol. The second-order valence-electron chi connectivity index (χ2n) is 6.09. The normalized spacial score (nSPS) is 17.4. The Hall–Kier alpha value is -0.300. The first-order chi connectivity index (χ1) is 9.89. The first-order valence-corrected chi connectivity index (χ1v) is 9.98. The van der Waals surface area contributed by atoms with E-state index in [1.54, 1.807) is 23.1 Å². The molecule has 0 unspecified atom stereocenters. The van der Waals surface area contributed by atoms with Crippen molar-refractivity contribution in [2.45, 2.75) is 61.8 Å². The summed E-state index contributed by atoms with van der Waals surface area (Å²) in [6, 6.07) is 0. The minimum atomic E-state index is -0.0983. The van der Waals surface area contributed by atoms with E-state index in [2.05, 4.69) is 27.7 Å². The van der Waals surface area contributed by atoms with Crippen LogP contribution in [0.3, 0.4) is 0 Å². The Morgan fingerprint density at radius 1 is 1.29 bits per heavy atom. The van der Waals surface area contributed by atoms with Gasteiger partial charge in [-0.1, -0.05) is 25.6 Å². The van der Waals surface area contributed by atoms with Crippen molar-refractivity contribution >= 4 is 45.1 Å². The maximum absolute atomic E-state index is 5.95. The number of fused-ring (bicyclic) bond motifs is 3. The second-order valence-corrected chi connectivity index (χ2v) is 9.51. The molecule has 0 radical (unpaired) electrons. The van der Waals surface area contributed by atoms with Crippen LogP contribution in [0.2, 0.25) is 0 Å². The fourth-order valence-corrected chi connectivity index (χ4v) is 5.06. The highest BCUT2D eigenvalue weighted by Gasteiger charge is 2.31. The third kappa shape index (κ3) is 3.09. The highest BCUT2D eigenvalue weighted by atomic mass is 32.2. The van der Waals surface area contributed by atoms with E-state index < -0.39 is 0 Å². The molecule has 0 spiro atoms. The molecule has 0 bridgehead atoms. The molecule has 1 aliphatic rings. The van der Waals surface area contributed by atoms with Gasteiger partial charge in [0.1, 0.15) is 9.86 Å². The molecule has 1 aliphatic heterocycles. The summed E-state index contributed by atoms with van der Waals surface area (Å²) in [4.78, 5) is 11.9. The summed E-state index contributed by atoms with van der Waals surface area (Å²) in [5.41, 5.74) is 1.31. The largest absolute Gasteiger partial charge is 0.370 e. The summed E-state index contributed by atoms with van der Waals surface area (Å²) in [5.74, 6) is 0. The van der Waals surface area contributed by atoms with E-state index in [-0.39, 0.29) is 5.60 Å². The van der Waals surface area contributed by atoms with Crippen molar-refractivity contribution in [1.29, 1.82) is 0 Å². The van der Waals surface area contributed by atoms with E-state index in [1.165, 1.54) is 15.8 Å². The molecular formula is C15H20N2OS3. The fraction of sp³-hybridized carbons (Fsp3) is 0.600. The fourth-order valence-electron chi connectivity index (χ4n) is 2.49. The summed E-state index contributed by atoms with van der Waals surface area (Å²) in [7, 11) is 0. The molecule has 2 aromatic heterocycles. The molecule has 6 heteroatoms. The first-order valence-electron chi connectivity index (χ1n) is 7.06. The van der Waals surface area contributed by atoms with Gasteiger partial charge < -0.3 is 4.74 Å². The Bertz CT molecular complexity index is 679. The topological polar surface area (TPSA) is 35.0 Å². The van der Waals surface area contributed by atoms with Gasteiger partial charge in [0, 0.05) is 21.9 Å². The molecule has 3 nitrogen and oxygen atoms in total. The lowest BCUT2D eigenvalue weighted by Gasteiger charge is -2.30. The van der Waals surface area contributed by atoms with E-state index in [0.29, 0.717) is 11.9 Å². The molecule has 0 aliphatic carbocycles. The molecule has 0 fully saturated rings. The molecule has 0 N–H and O–H groups in total. The van der Waals surface area contributed by atoms with Gasteiger partial charge in [-0.2, -0.15) is 0 Å². The second kappa shape index (κ2) is 5.72. The highest BCUT2D eigenvalue weighted by molar-refractivity contribution is 8.00. The van der Waals surface area contributed by atoms with Crippen LogP contribution in [-0.2, 0) is 17.8 Å². The Balaban J connectivity index is 2.20. The van der Waals surface area contributed by atoms with Gasteiger partial charge in [0.2, 0.25) is 0 Å². The van der Waals surface area contributed by atoms with E-state index in [1.807, 2.05) is 18.0 Å². The summed E-state index contributed by atoms with van der Waals surface area (Å²) in [6.07, 6.45) is 2.97. The number of hydrogen-bond acceptors (Lipinski definition) is 6. The molecule has 0 saturated carbocycles. The first kappa shape index (κ1) is 15.6. The highest BCUT2D eigenvalue weighted by Crippen LogP contribution is 2.42. The van der Waals surface area contributed by atoms with Crippen LogP contribution in [0.15, 0.2) is 10.2 Å². The number of nitrogens with zero attached hydrogens (tertiary/aromatic N) is 2. The number of thioether (sulfide) groups is 2. The SMILES string of the molecule is CSc1nc(SC(C)C)c2c3c(sc2n1)COC(C)(C)C3. The van der Waals surface area contributed by atoms with Crippen LogP contribution in [0.5, 0.6) is 0 Å². The minimum Gasteiger partial charge on any atom is -0.370 e. The summed E-state index contributed by atoms with van der Waals surface area (Å²) >= 11 is 5.22. The average molecular weight is 341 g/mol. The van der Waals surface area contributed by atoms with Crippen LogP contribution in [-0.4, -0.2) is 27.1 Å². The smallest absolute Gasteiger partial charge is 0.189 e. The van der Waals surface area contributed by atoms with Crippen molar-refractivity contribution < 1.29 is 4.74 Å². The zero-order valence-electron chi connectivity index (χ0n) is 13.0. The summed E-state index contributed by atoms with van der Waals surface area (Å²) in [5, 5.41) is 3.78. The Morgan fingerprint density at radius 2 is 2.05 bits per heavy atom. The predicted octanol–water partition coefficient (Wildman–Crippen LogP) is 4.77. The number of aromatic nitrogens is 2. The molecule has 0 atom stereocenters. The Labute approximate surface area is 138 Å². The van der Waals surface area contributed by atoms with Crippen molar-refractivity contribution in [2.75, 3.05) is 6.26 Å². The lowest BCUT2D eigenvalue weighted by Crippen LogP contribution is -2.31. The third-order valence-corrected chi connectivity index (χ3v) is 6.04. The molecule has 0 aromatic carbocycles. The molecule has 3 rings (SSSR count). The standard InChI is InChI=1S/C15H20N2OS3/c1-8(2)20-12-11-9-6-15(3,4)18-7-10(9)21-13(11)17-14(16-12)19-5/h8H,6-7H2,1-5H3. The lowest BCUT2D eigenvalue weighted by atomic mass is 9.95. The van der Waals surface area contributed by atoms with Crippen molar-refractivity contribution in [3.05, 3.63) is 10.4 Å². The van der Waals surface area contributed by atoms with Crippen LogP contribution in [0.4, 0.5) is 0 Å². The Morgan fingerprint density at radius 3 is 2.71 bits per heavy atom. The molecule has 0 amide bonds. The van der Waals surface area contributed by atoms with Crippen molar-refractivity contribution in [2.24, 2.45) is 0 Å². The quantitative estimate of drug-likeness (QED) is 0.457. The lowest BCUT2D eigenvalue weighted by molar-refractivity contribution is -0.0379. The van der Waals surface area contributed by atoms with Gasteiger partial charge in [-0.05, 0) is 25.7 Å².